The van der Waals surface area contributed by atoms with Crippen molar-refractivity contribution in [1.29, 1.82) is 0 Å². The number of anilines is 1. The highest BCUT2D eigenvalue weighted by molar-refractivity contribution is 9.10. The fourth-order valence-corrected chi connectivity index (χ4v) is 5.16. The lowest BCUT2D eigenvalue weighted by Crippen LogP contribution is -2.29. The van der Waals surface area contributed by atoms with E-state index in [9.17, 15) is 9.59 Å². The second-order valence-corrected chi connectivity index (χ2v) is 10.8. The fourth-order valence-electron chi connectivity index (χ4n) is 3.48. The van der Waals surface area contributed by atoms with Gasteiger partial charge in [0.1, 0.15) is 0 Å². The van der Waals surface area contributed by atoms with E-state index in [0.29, 0.717) is 28.1 Å². The summed E-state index contributed by atoms with van der Waals surface area (Å²) in [6.07, 6.45) is 0. The van der Waals surface area contributed by atoms with Gasteiger partial charge in [-0.2, -0.15) is 0 Å². The zero-order valence-electron chi connectivity index (χ0n) is 19.7. The average molecular weight is 599 g/mol. The Labute approximate surface area is 227 Å². The van der Waals surface area contributed by atoms with Gasteiger partial charge in [0.05, 0.1) is 22.4 Å². The highest BCUT2D eigenvalue weighted by atomic mass is 79.9. The highest BCUT2D eigenvalue weighted by Crippen LogP contribution is 2.28. The molecule has 35 heavy (non-hydrogen) atoms. The van der Waals surface area contributed by atoms with Gasteiger partial charge in [-0.15, -0.1) is 10.2 Å². The number of hydrogen-bond donors (Lipinski definition) is 2. The summed E-state index contributed by atoms with van der Waals surface area (Å²) in [6.45, 7) is 8.52. The Hall–Kier alpha value is -2.07. The van der Waals surface area contributed by atoms with Crippen LogP contribution in [-0.2, 0) is 11.3 Å². The van der Waals surface area contributed by atoms with Crippen molar-refractivity contribution >= 4 is 68.4 Å². The van der Waals surface area contributed by atoms with Crippen LogP contribution < -0.4 is 10.6 Å². The van der Waals surface area contributed by atoms with E-state index < -0.39 is 6.04 Å². The third kappa shape index (κ3) is 7.00. The van der Waals surface area contributed by atoms with E-state index in [2.05, 4.69) is 50.6 Å². The molecule has 1 heterocycles. The molecule has 0 aliphatic rings. The first-order chi connectivity index (χ1) is 16.6. The molecule has 2 N–H and O–H groups in total. The molecule has 186 valence electrons. The number of amides is 2. The summed E-state index contributed by atoms with van der Waals surface area (Å²) >= 11 is 16.9. The molecule has 7 nitrogen and oxygen atoms in total. The SMILES string of the molecule is CCn1c(SCC(=O)Nc2ccc(Br)cc2C(C)C)nnc1C(C)NC(=O)c1ccc(Cl)cc1Cl. The van der Waals surface area contributed by atoms with Gasteiger partial charge in [0.2, 0.25) is 5.91 Å². The molecule has 2 amide bonds. The fraction of sp³-hybridized carbons (Fsp3) is 0.333. The standard InChI is InChI=1S/C24H26BrCl2N5O2S/c1-5-32-22(14(4)28-23(34)17-8-7-16(26)11-19(17)27)30-31-24(32)35-12-21(33)29-20-9-6-15(25)10-18(20)13(2)3/h6-11,13-14H,5,12H2,1-4H3,(H,28,34)(H,29,33). The van der Waals surface area contributed by atoms with Gasteiger partial charge in [0, 0.05) is 21.7 Å². The van der Waals surface area contributed by atoms with Crippen molar-refractivity contribution in [1.82, 2.24) is 20.1 Å². The van der Waals surface area contributed by atoms with Gasteiger partial charge in [-0.05, 0) is 61.7 Å². The maximum atomic E-state index is 12.7. The number of thioether (sulfide) groups is 1. The Bertz CT molecular complexity index is 1230. The summed E-state index contributed by atoms with van der Waals surface area (Å²) in [5.74, 6) is 0.552. The minimum Gasteiger partial charge on any atom is -0.342 e. The van der Waals surface area contributed by atoms with Gasteiger partial charge in [-0.25, -0.2) is 0 Å². The Morgan fingerprint density at radius 1 is 1.11 bits per heavy atom. The maximum absolute atomic E-state index is 12.7. The van der Waals surface area contributed by atoms with E-state index in [1.807, 2.05) is 36.6 Å². The molecule has 3 aromatic rings. The number of rotatable bonds is 9. The smallest absolute Gasteiger partial charge is 0.253 e. The van der Waals surface area contributed by atoms with Crippen molar-refractivity contribution in [3.63, 3.8) is 0 Å². The third-order valence-corrected chi connectivity index (χ3v) is 7.22. The van der Waals surface area contributed by atoms with Crippen LogP contribution in [0.4, 0.5) is 5.69 Å². The van der Waals surface area contributed by atoms with Crippen molar-refractivity contribution in [3.8, 4) is 0 Å². The average Bonchev–Trinajstić information content (AvgIpc) is 3.21. The zero-order valence-corrected chi connectivity index (χ0v) is 23.6. The van der Waals surface area contributed by atoms with E-state index in [1.54, 1.807) is 12.1 Å². The molecule has 0 aliphatic heterocycles. The van der Waals surface area contributed by atoms with Gasteiger partial charge in [0.15, 0.2) is 11.0 Å². The lowest BCUT2D eigenvalue weighted by Gasteiger charge is -2.16. The van der Waals surface area contributed by atoms with Gasteiger partial charge in [-0.1, -0.05) is 64.7 Å². The maximum Gasteiger partial charge on any atom is 0.253 e. The predicted molar refractivity (Wildman–Crippen MR) is 146 cm³/mol. The molecular formula is C24H26BrCl2N5O2S. The van der Waals surface area contributed by atoms with Crippen molar-refractivity contribution in [3.05, 3.63) is 67.9 Å². The molecule has 0 aliphatic carbocycles. The van der Waals surface area contributed by atoms with Gasteiger partial charge >= 0.3 is 0 Å². The second-order valence-electron chi connectivity index (χ2n) is 8.13. The van der Waals surface area contributed by atoms with Crippen LogP contribution >= 0.6 is 50.9 Å². The first-order valence-electron chi connectivity index (χ1n) is 11.0. The molecule has 0 spiro atoms. The van der Waals surface area contributed by atoms with E-state index in [4.69, 9.17) is 23.2 Å². The van der Waals surface area contributed by atoms with E-state index >= 15 is 0 Å². The zero-order chi connectivity index (χ0) is 25.7. The number of nitrogens with one attached hydrogen (secondary N) is 2. The van der Waals surface area contributed by atoms with Crippen molar-refractivity contribution in [2.45, 2.75) is 51.4 Å². The Morgan fingerprint density at radius 3 is 2.51 bits per heavy atom. The summed E-state index contributed by atoms with van der Waals surface area (Å²) in [4.78, 5) is 25.4. The molecular weight excluding hydrogens is 573 g/mol. The molecule has 0 bridgehead atoms. The van der Waals surface area contributed by atoms with Crippen LogP contribution in [0.1, 0.15) is 61.4 Å². The Kier molecular flexibility index (Phi) is 9.63. The van der Waals surface area contributed by atoms with E-state index in [1.165, 1.54) is 17.8 Å². The van der Waals surface area contributed by atoms with Crippen LogP contribution in [0.25, 0.3) is 0 Å². The lowest BCUT2D eigenvalue weighted by molar-refractivity contribution is -0.113. The number of aromatic nitrogens is 3. The third-order valence-electron chi connectivity index (χ3n) is 5.21. The molecule has 1 atom stereocenters. The molecule has 0 saturated carbocycles. The first kappa shape index (κ1) is 27.5. The van der Waals surface area contributed by atoms with E-state index in [-0.39, 0.29) is 28.5 Å². The molecule has 0 saturated heterocycles. The van der Waals surface area contributed by atoms with Crippen LogP contribution in [0.2, 0.25) is 10.0 Å². The largest absolute Gasteiger partial charge is 0.342 e. The van der Waals surface area contributed by atoms with Gasteiger partial charge < -0.3 is 15.2 Å². The summed E-state index contributed by atoms with van der Waals surface area (Å²) in [5, 5.41) is 15.7. The quantitative estimate of drug-likeness (QED) is 0.267. The van der Waals surface area contributed by atoms with E-state index in [0.717, 1.165) is 15.7 Å². The van der Waals surface area contributed by atoms with Crippen LogP contribution in [-0.4, -0.2) is 32.3 Å². The Morgan fingerprint density at radius 2 is 1.86 bits per heavy atom. The summed E-state index contributed by atoms with van der Waals surface area (Å²) in [6, 6.07) is 10.1. The van der Waals surface area contributed by atoms with Crippen molar-refractivity contribution in [2.24, 2.45) is 0 Å². The predicted octanol–water partition coefficient (Wildman–Crippen LogP) is 6.71. The summed E-state index contributed by atoms with van der Waals surface area (Å²) in [5.41, 5.74) is 2.18. The van der Waals surface area contributed by atoms with Crippen LogP contribution in [0.15, 0.2) is 46.0 Å². The minimum atomic E-state index is -0.429. The van der Waals surface area contributed by atoms with Crippen LogP contribution in [0.5, 0.6) is 0 Å². The topological polar surface area (TPSA) is 88.9 Å². The number of hydrogen-bond acceptors (Lipinski definition) is 5. The van der Waals surface area contributed by atoms with Crippen molar-refractivity contribution in [2.75, 3.05) is 11.1 Å². The van der Waals surface area contributed by atoms with Gasteiger partial charge in [-0.3, -0.25) is 9.59 Å². The summed E-state index contributed by atoms with van der Waals surface area (Å²) in [7, 11) is 0. The highest BCUT2D eigenvalue weighted by Gasteiger charge is 2.21. The second kappa shape index (κ2) is 12.3. The minimum absolute atomic E-state index is 0.134. The molecule has 11 heteroatoms. The lowest BCUT2D eigenvalue weighted by atomic mass is 10.0. The molecule has 0 fully saturated rings. The number of benzene rings is 2. The summed E-state index contributed by atoms with van der Waals surface area (Å²) < 4.78 is 2.85. The monoisotopic (exact) mass is 597 g/mol. The van der Waals surface area contributed by atoms with Gasteiger partial charge in [0.25, 0.3) is 5.91 Å². The molecule has 2 aromatic carbocycles. The molecule has 3 rings (SSSR count). The van der Waals surface area contributed by atoms with Crippen LogP contribution in [0, 0.1) is 0 Å². The number of nitrogens with zero attached hydrogens (tertiary/aromatic N) is 3. The molecule has 0 radical (unpaired) electrons. The van der Waals surface area contributed by atoms with Crippen molar-refractivity contribution < 1.29 is 9.59 Å². The number of carbonyl (C=O) groups excluding carboxylic acids is 2. The Balaban J connectivity index is 1.66. The first-order valence-corrected chi connectivity index (χ1v) is 13.5. The number of halogens is 3. The molecule has 1 aromatic heterocycles. The number of carbonyl (C=O) groups is 2. The molecule has 1 unspecified atom stereocenters. The van der Waals surface area contributed by atoms with Crippen LogP contribution in [0.3, 0.4) is 0 Å². The normalized spacial score (nSPS) is 12.0.